The number of hydrogen-bond donors (Lipinski definition) is 0. The van der Waals surface area contributed by atoms with Crippen LogP contribution >= 0.6 is 22.6 Å². The third kappa shape index (κ3) is 2.15. The average molecular weight is 206 g/mol. The highest BCUT2D eigenvalue weighted by Gasteiger charge is 2.16. The van der Waals surface area contributed by atoms with Gasteiger partial charge >= 0.3 is 0 Å². The first-order valence-corrected chi connectivity index (χ1v) is 3.69. The lowest BCUT2D eigenvalue weighted by molar-refractivity contribution is 1.13. The van der Waals surface area contributed by atoms with Crippen molar-refractivity contribution < 1.29 is 0 Å². The third-order valence-electron chi connectivity index (χ3n) is 1.02. The highest BCUT2D eigenvalue weighted by atomic mass is 127. The van der Waals surface area contributed by atoms with Crippen LogP contribution in [0.4, 0.5) is 0 Å². The van der Waals surface area contributed by atoms with E-state index in [0.717, 1.165) is 5.92 Å². The highest BCUT2D eigenvalue weighted by molar-refractivity contribution is 14.1. The van der Waals surface area contributed by atoms with Gasteiger partial charge in [-0.15, -0.1) is 5.73 Å². The molecule has 0 atom stereocenters. The lowest BCUT2D eigenvalue weighted by atomic mass is 10.4. The summed E-state index contributed by atoms with van der Waals surface area (Å²) >= 11 is 2.18. The van der Waals surface area contributed by atoms with Gasteiger partial charge in [0.1, 0.15) is 0 Å². The Labute approximate surface area is 57.4 Å². The normalized spacial score (nSPS) is 17.9. The van der Waals surface area contributed by atoms with Crippen LogP contribution in [0.3, 0.4) is 0 Å². The van der Waals surface area contributed by atoms with Gasteiger partial charge in [-0.3, -0.25) is 0 Å². The fourth-order valence-electron chi connectivity index (χ4n) is 0.435. The molecule has 0 aromatic carbocycles. The van der Waals surface area contributed by atoms with Crippen molar-refractivity contribution in [3.8, 4) is 0 Å². The molecule has 0 aromatic rings. The van der Waals surface area contributed by atoms with Crippen LogP contribution in [-0.4, -0.2) is 0 Å². The van der Waals surface area contributed by atoms with Crippen molar-refractivity contribution >= 4 is 22.6 Å². The first-order chi connectivity index (χ1) is 3.43. The fraction of sp³-hybridized carbons (Fsp3) is 0.500. The second kappa shape index (κ2) is 2.53. The van der Waals surface area contributed by atoms with Crippen LogP contribution in [0.5, 0.6) is 0 Å². The number of rotatable bonds is 1. The Hall–Kier alpha value is 0.250. The molecule has 0 unspecified atom stereocenters. The first-order valence-electron chi connectivity index (χ1n) is 2.45. The molecule has 0 saturated heterocycles. The van der Waals surface area contributed by atoms with Crippen LogP contribution in [0.15, 0.2) is 15.9 Å². The Bertz CT molecular complexity index is 105. The molecule has 1 aliphatic rings. The molecule has 1 rings (SSSR count). The second-order valence-corrected chi connectivity index (χ2v) is 2.40. The molecule has 38 valence electrons. The molecule has 1 heteroatoms. The van der Waals surface area contributed by atoms with E-state index in [9.17, 15) is 0 Å². The van der Waals surface area contributed by atoms with Crippen molar-refractivity contribution in [2.75, 3.05) is 0 Å². The lowest BCUT2D eigenvalue weighted by Crippen LogP contribution is -1.52. The van der Waals surface area contributed by atoms with Crippen LogP contribution < -0.4 is 0 Å². The SMILES string of the molecule is IC=C=CC1CC1. The minimum atomic E-state index is 0.881. The van der Waals surface area contributed by atoms with Crippen molar-refractivity contribution in [2.24, 2.45) is 5.92 Å². The molecule has 0 heterocycles. The van der Waals surface area contributed by atoms with Crippen LogP contribution in [0.1, 0.15) is 12.8 Å². The van der Waals surface area contributed by atoms with Crippen molar-refractivity contribution in [3.63, 3.8) is 0 Å². The Morgan fingerprint density at radius 3 is 2.71 bits per heavy atom. The van der Waals surface area contributed by atoms with E-state index in [0.29, 0.717) is 0 Å². The van der Waals surface area contributed by atoms with Crippen LogP contribution in [0.25, 0.3) is 0 Å². The zero-order chi connectivity index (χ0) is 5.11. The van der Waals surface area contributed by atoms with Crippen molar-refractivity contribution in [1.29, 1.82) is 0 Å². The zero-order valence-corrected chi connectivity index (χ0v) is 6.18. The standard InChI is InChI=1S/C6H7I/c7-5-1-2-6-3-4-6/h2,5-6H,3-4H2. The summed E-state index contributed by atoms with van der Waals surface area (Å²) in [7, 11) is 0. The van der Waals surface area contributed by atoms with Crippen LogP contribution in [0.2, 0.25) is 0 Å². The predicted octanol–water partition coefficient (Wildman–Crippen LogP) is 2.50. The van der Waals surface area contributed by atoms with Gasteiger partial charge in [0.2, 0.25) is 0 Å². The fourth-order valence-corrected chi connectivity index (χ4v) is 0.643. The maximum atomic E-state index is 3.05. The monoisotopic (exact) mass is 206 g/mol. The molecule has 0 bridgehead atoms. The molecule has 0 N–H and O–H groups in total. The van der Waals surface area contributed by atoms with Gasteiger partial charge in [-0.05, 0) is 47.4 Å². The first kappa shape index (κ1) is 5.39. The summed E-state index contributed by atoms with van der Waals surface area (Å²) in [6.07, 6.45) is 4.92. The molecule has 1 fully saturated rings. The summed E-state index contributed by atoms with van der Waals surface area (Å²) in [6.45, 7) is 0. The quantitative estimate of drug-likeness (QED) is 0.456. The molecule has 0 spiro atoms. The molecular weight excluding hydrogens is 199 g/mol. The number of halogens is 1. The van der Waals surface area contributed by atoms with E-state index < -0.39 is 0 Å². The second-order valence-electron chi connectivity index (χ2n) is 1.78. The van der Waals surface area contributed by atoms with Gasteiger partial charge in [0.05, 0.1) is 0 Å². The topological polar surface area (TPSA) is 0 Å². The smallest absolute Gasteiger partial charge is 0.0183 e. The summed E-state index contributed by atoms with van der Waals surface area (Å²) in [4.78, 5) is 0. The molecule has 1 saturated carbocycles. The predicted molar refractivity (Wildman–Crippen MR) is 39.4 cm³/mol. The van der Waals surface area contributed by atoms with E-state index in [2.05, 4.69) is 34.4 Å². The van der Waals surface area contributed by atoms with Crippen molar-refractivity contribution in [2.45, 2.75) is 12.8 Å². The van der Waals surface area contributed by atoms with Gasteiger partial charge in [-0.1, -0.05) is 0 Å². The van der Waals surface area contributed by atoms with Crippen molar-refractivity contribution in [3.05, 3.63) is 15.9 Å². The van der Waals surface area contributed by atoms with Gasteiger partial charge in [0.15, 0.2) is 0 Å². The Kier molecular flexibility index (Phi) is 1.95. The van der Waals surface area contributed by atoms with E-state index in [1.807, 2.05) is 4.08 Å². The maximum Gasteiger partial charge on any atom is 0.0183 e. The minimum absolute atomic E-state index is 0.881. The minimum Gasteiger partial charge on any atom is -0.118 e. The van der Waals surface area contributed by atoms with E-state index in [1.165, 1.54) is 12.8 Å². The molecule has 0 amide bonds. The van der Waals surface area contributed by atoms with Gasteiger partial charge in [-0.2, -0.15) is 0 Å². The summed E-state index contributed by atoms with van der Waals surface area (Å²) in [5, 5.41) is 0. The molecule has 0 nitrogen and oxygen atoms in total. The summed E-state index contributed by atoms with van der Waals surface area (Å²) in [5.41, 5.74) is 3.05. The third-order valence-corrected chi connectivity index (χ3v) is 1.38. The molecule has 0 radical (unpaired) electrons. The largest absolute Gasteiger partial charge is 0.118 e. The molecular formula is C6H7I. The van der Waals surface area contributed by atoms with Crippen LogP contribution in [0, 0.1) is 5.92 Å². The maximum absolute atomic E-state index is 3.05. The van der Waals surface area contributed by atoms with E-state index in [-0.39, 0.29) is 0 Å². The van der Waals surface area contributed by atoms with Gasteiger partial charge in [-0.25, -0.2) is 0 Å². The Balaban J connectivity index is 2.30. The number of allylic oxidation sites excluding steroid dienone is 1. The molecule has 7 heavy (non-hydrogen) atoms. The highest BCUT2D eigenvalue weighted by Crippen LogP contribution is 2.29. The zero-order valence-electron chi connectivity index (χ0n) is 4.02. The van der Waals surface area contributed by atoms with Crippen LogP contribution in [-0.2, 0) is 0 Å². The Morgan fingerprint density at radius 2 is 2.29 bits per heavy atom. The van der Waals surface area contributed by atoms with Gasteiger partial charge in [0, 0.05) is 4.08 Å². The summed E-state index contributed by atoms with van der Waals surface area (Å²) < 4.78 is 1.93. The lowest BCUT2D eigenvalue weighted by Gasteiger charge is -1.65. The van der Waals surface area contributed by atoms with Gasteiger partial charge in [0.25, 0.3) is 0 Å². The molecule has 0 aromatic heterocycles. The average Bonchev–Trinajstić information content (AvgIpc) is 2.42. The van der Waals surface area contributed by atoms with E-state index in [4.69, 9.17) is 0 Å². The van der Waals surface area contributed by atoms with Gasteiger partial charge < -0.3 is 0 Å². The van der Waals surface area contributed by atoms with E-state index in [1.54, 1.807) is 0 Å². The van der Waals surface area contributed by atoms with Crippen molar-refractivity contribution in [1.82, 2.24) is 0 Å². The molecule has 1 aliphatic carbocycles. The molecule has 0 aliphatic heterocycles. The summed E-state index contributed by atoms with van der Waals surface area (Å²) in [5.74, 6) is 0.881. The van der Waals surface area contributed by atoms with E-state index >= 15 is 0 Å². The number of hydrogen-bond acceptors (Lipinski definition) is 0. The summed E-state index contributed by atoms with van der Waals surface area (Å²) in [6, 6.07) is 0. The Morgan fingerprint density at radius 1 is 1.57 bits per heavy atom.